The highest BCUT2D eigenvalue weighted by molar-refractivity contribution is 5.99. The molecule has 0 radical (unpaired) electrons. The Labute approximate surface area is 330 Å². The summed E-state index contributed by atoms with van der Waals surface area (Å²) >= 11 is 0. The molecule has 13 nitrogen and oxygen atoms in total. The number of aliphatic hydroxyl groups is 3. The van der Waals surface area contributed by atoms with E-state index >= 15 is 4.39 Å². The van der Waals surface area contributed by atoms with Gasteiger partial charge in [0.05, 0.1) is 35.6 Å². The standard InChI is InChI=1S/C43H52FNO12/c1-23-26-18-30(48)41(7)29(44)20-31-42(22-54-31,35(41)36(43(53,21-28(23)47)40(26,5)6)55-37(51)25-16-12-9-13-17-25)56-32(49)19-27(46)34(50)33(24-14-10-8-11-15-24)45-38(52)57-39(2,3)4/h8-18,23,28-29,31,33-36,47,50,53H,19-22H2,1-7H3,(H,45,52)/b26-18-/t23-,28+,29-,31-,33-,34-,35+,36+,41+,42+,43-/m1/s1. The van der Waals surface area contributed by atoms with Crippen LogP contribution in [0.1, 0.15) is 89.7 Å². The lowest BCUT2D eigenvalue weighted by molar-refractivity contribution is -0.340. The molecule has 57 heavy (non-hydrogen) atoms. The van der Waals surface area contributed by atoms with Crippen molar-refractivity contribution in [2.24, 2.45) is 22.7 Å². The number of hydrogen-bond donors (Lipinski definition) is 4. The average molecular weight is 794 g/mol. The SMILES string of the molecule is C[C@@H]1/C2=C/C(=O)[C@]3(C)[C@H](F)C[C@H]4OC[C@@]4(OC(=O)CC(=O)[C@@H](O)[C@H](NC(=O)OC(C)(C)C)c4ccccc4)[C@H]3[C@H](OC(=O)c3ccccc3)[C@](O)(C[C@@H]1O)C2(C)C. The number of halogens is 1. The van der Waals surface area contributed by atoms with Crippen molar-refractivity contribution in [3.63, 3.8) is 0 Å². The summed E-state index contributed by atoms with van der Waals surface area (Å²) in [7, 11) is 0. The summed E-state index contributed by atoms with van der Waals surface area (Å²) in [6.45, 7) is 10.8. The molecule has 11 atom stereocenters. The van der Waals surface area contributed by atoms with E-state index in [-0.39, 0.29) is 12.0 Å². The number of ketones is 2. The maximum absolute atomic E-state index is 16.8. The van der Waals surface area contributed by atoms with E-state index in [2.05, 4.69) is 5.32 Å². The Morgan fingerprint density at radius 2 is 1.63 bits per heavy atom. The Kier molecular flexibility index (Phi) is 11.1. The van der Waals surface area contributed by atoms with E-state index in [1.165, 1.54) is 25.1 Å². The molecule has 1 saturated heterocycles. The molecule has 4 aliphatic rings. The number of esters is 2. The topological polar surface area (TPSA) is 195 Å². The van der Waals surface area contributed by atoms with Crippen LogP contribution in [0.3, 0.4) is 0 Å². The van der Waals surface area contributed by atoms with E-state index in [0.717, 1.165) is 0 Å². The quantitative estimate of drug-likeness (QED) is 0.158. The van der Waals surface area contributed by atoms with Crippen LogP contribution in [0.2, 0.25) is 0 Å². The second-order valence-corrected chi connectivity index (χ2v) is 17.6. The zero-order valence-corrected chi connectivity index (χ0v) is 33.2. The fourth-order valence-corrected chi connectivity index (χ4v) is 9.27. The lowest BCUT2D eigenvalue weighted by Crippen LogP contribution is -2.80. The summed E-state index contributed by atoms with van der Waals surface area (Å²) in [5.41, 5.74) is -7.68. The number of carbonyl (C=O) groups is 5. The molecule has 0 unspecified atom stereocenters. The zero-order chi connectivity index (χ0) is 41.9. The number of allylic oxidation sites excluding steroid dienone is 1. The van der Waals surface area contributed by atoms with E-state index in [1.54, 1.807) is 90.1 Å². The number of ether oxygens (including phenoxy) is 4. The number of alkyl halides is 1. The number of aliphatic hydroxyl groups excluding tert-OH is 2. The minimum absolute atomic E-state index is 0.0853. The van der Waals surface area contributed by atoms with Crippen LogP contribution in [0, 0.1) is 22.7 Å². The second-order valence-electron chi connectivity index (χ2n) is 17.6. The lowest BCUT2D eigenvalue weighted by Gasteiger charge is -2.66. The lowest BCUT2D eigenvalue weighted by atomic mass is 9.45. The van der Waals surface area contributed by atoms with E-state index in [0.29, 0.717) is 11.1 Å². The van der Waals surface area contributed by atoms with Gasteiger partial charge in [0.2, 0.25) is 0 Å². The van der Waals surface area contributed by atoms with Crippen molar-refractivity contribution < 1.29 is 62.6 Å². The molecular weight excluding hydrogens is 741 g/mol. The van der Waals surface area contributed by atoms with Crippen LogP contribution in [0.25, 0.3) is 0 Å². The molecule has 2 aromatic rings. The zero-order valence-electron chi connectivity index (χ0n) is 33.2. The van der Waals surface area contributed by atoms with Crippen LogP contribution in [-0.4, -0.2) is 98.9 Å². The van der Waals surface area contributed by atoms with Gasteiger partial charge in [-0.25, -0.2) is 14.0 Å². The number of nitrogens with one attached hydrogen (secondary N) is 1. The first-order valence-electron chi connectivity index (χ1n) is 19.2. The van der Waals surface area contributed by atoms with E-state index < -0.39 is 125 Å². The summed E-state index contributed by atoms with van der Waals surface area (Å²) in [5, 5.41) is 38.2. The molecule has 0 aromatic heterocycles. The van der Waals surface area contributed by atoms with Gasteiger partial charge in [-0.05, 0) is 51.5 Å². The predicted molar refractivity (Wildman–Crippen MR) is 201 cm³/mol. The highest BCUT2D eigenvalue weighted by Crippen LogP contribution is 2.64. The molecule has 0 spiro atoms. The summed E-state index contributed by atoms with van der Waals surface area (Å²) < 4.78 is 40.4. The maximum atomic E-state index is 16.8. The minimum atomic E-state index is -2.17. The third kappa shape index (κ3) is 7.30. The predicted octanol–water partition coefficient (Wildman–Crippen LogP) is 4.51. The molecule has 3 fully saturated rings. The van der Waals surface area contributed by atoms with Gasteiger partial charge in [0.1, 0.15) is 42.1 Å². The molecular formula is C43H52FNO12. The molecule has 1 aliphatic heterocycles. The van der Waals surface area contributed by atoms with Crippen molar-refractivity contribution in [3.8, 4) is 0 Å². The Balaban J connectivity index is 1.39. The molecule has 2 bridgehead atoms. The Hall–Kier alpha value is -4.50. The third-order valence-corrected chi connectivity index (χ3v) is 12.6. The van der Waals surface area contributed by atoms with Crippen LogP contribution in [0.5, 0.6) is 0 Å². The van der Waals surface area contributed by atoms with Crippen LogP contribution >= 0.6 is 0 Å². The molecule has 3 aliphatic carbocycles. The van der Waals surface area contributed by atoms with Crippen LogP contribution < -0.4 is 5.32 Å². The van der Waals surface area contributed by atoms with Gasteiger partial charge < -0.3 is 39.6 Å². The Morgan fingerprint density at radius 3 is 2.21 bits per heavy atom. The van der Waals surface area contributed by atoms with Crippen molar-refractivity contribution in [2.75, 3.05) is 6.61 Å². The number of amides is 1. The summed E-state index contributed by atoms with van der Waals surface area (Å²) in [4.78, 5) is 69.1. The fourth-order valence-electron chi connectivity index (χ4n) is 9.27. The van der Waals surface area contributed by atoms with Crippen molar-refractivity contribution in [1.29, 1.82) is 0 Å². The number of fused-ring (bicyclic) bond motifs is 5. The smallest absolute Gasteiger partial charge is 0.408 e. The number of carbonyl (C=O) groups excluding carboxylic acids is 5. The van der Waals surface area contributed by atoms with Crippen molar-refractivity contribution >= 4 is 29.6 Å². The first-order chi connectivity index (χ1) is 26.6. The van der Waals surface area contributed by atoms with E-state index in [1.807, 2.05) is 0 Å². The summed E-state index contributed by atoms with van der Waals surface area (Å²) in [5.74, 6) is -6.11. The maximum Gasteiger partial charge on any atom is 0.408 e. The summed E-state index contributed by atoms with van der Waals surface area (Å²) in [6, 6.07) is 14.6. The Morgan fingerprint density at radius 1 is 1.02 bits per heavy atom. The van der Waals surface area contributed by atoms with Gasteiger partial charge in [-0.1, -0.05) is 74.9 Å². The molecule has 2 aromatic carbocycles. The molecule has 1 heterocycles. The second kappa shape index (κ2) is 15.0. The van der Waals surface area contributed by atoms with E-state index in [9.17, 15) is 39.3 Å². The highest BCUT2D eigenvalue weighted by atomic mass is 19.1. The van der Waals surface area contributed by atoms with Crippen LogP contribution in [0.15, 0.2) is 72.3 Å². The molecule has 14 heteroatoms. The van der Waals surface area contributed by atoms with Gasteiger partial charge in [0.25, 0.3) is 0 Å². The fraction of sp³-hybridized carbons (Fsp3) is 0.558. The monoisotopic (exact) mass is 793 g/mol. The number of benzene rings is 2. The van der Waals surface area contributed by atoms with Gasteiger partial charge in [0.15, 0.2) is 17.2 Å². The van der Waals surface area contributed by atoms with Crippen LogP contribution in [-0.2, 0) is 33.3 Å². The van der Waals surface area contributed by atoms with Gasteiger partial charge in [0, 0.05) is 24.2 Å². The average Bonchev–Trinajstić information content (AvgIpc) is 3.14. The molecule has 4 N–H and O–H groups in total. The molecule has 308 valence electrons. The van der Waals surface area contributed by atoms with Gasteiger partial charge in [-0.2, -0.15) is 0 Å². The molecule has 6 rings (SSSR count). The van der Waals surface area contributed by atoms with Gasteiger partial charge in [-0.15, -0.1) is 0 Å². The normalized spacial score (nSPS) is 34.9. The number of alkyl carbamates (subject to hydrolysis) is 1. The van der Waals surface area contributed by atoms with E-state index in [4.69, 9.17) is 18.9 Å². The molecule has 2 saturated carbocycles. The largest absolute Gasteiger partial charge is 0.455 e. The first-order valence-corrected chi connectivity index (χ1v) is 19.2. The number of Topliss-reactive ketones (excluding diaryl/α,β-unsaturated/α-hetero) is 1. The molecule has 1 amide bonds. The minimum Gasteiger partial charge on any atom is -0.455 e. The van der Waals surface area contributed by atoms with Crippen molar-refractivity contribution in [2.45, 2.75) is 121 Å². The van der Waals surface area contributed by atoms with Crippen LogP contribution in [0.4, 0.5) is 9.18 Å². The Bertz CT molecular complexity index is 1930. The summed E-state index contributed by atoms with van der Waals surface area (Å²) in [6.07, 6.45) is -9.58. The van der Waals surface area contributed by atoms with Gasteiger partial charge >= 0.3 is 18.0 Å². The number of hydrogen-bond acceptors (Lipinski definition) is 12. The third-order valence-electron chi connectivity index (χ3n) is 12.6. The first kappa shape index (κ1) is 42.1. The number of rotatable bonds is 9. The van der Waals surface area contributed by atoms with Gasteiger partial charge in [-0.3, -0.25) is 14.4 Å². The highest BCUT2D eigenvalue weighted by Gasteiger charge is 2.77. The van der Waals surface area contributed by atoms with Crippen molar-refractivity contribution in [1.82, 2.24) is 5.32 Å². The van der Waals surface area contributed by atoms with Crippen molar-refractivity contribution in [3.05, 3.63) is 83.4 Å².